The van der Waals surface area contributed by atoms with E-state index >= 15 is 0 Å². The van der Waals surface area contributed by atoms with Crippen LogP contribution in [-0.2, 0) is 27.9 Å². The molecule has 1 N–H and O–H groups in total. The molecule has 1 aliphatic heterocycles. The number of nitrogens with zero attached hydrogens (tertiary/aromatic N) is 2. The Kier molecular flexibility index (Phi) is 7.15. The van der Waals surface area contributed by atoms with Gasteiger partial charge in [0.15, 0.2) is 0 Å². The lowest BCUT2D eigenvalue weighted by atomic mass is 10.1. The van der Waals surface area contributed by atoms with E-state index < -0.39 is 10.0 Å². The SMILES string of the molecule is Cc1ccc(C)c(N(CC(=O)NCc2ccc(CN3CCCC3)cc2)S(C)(=O)=O)c1. The van der Waals surface area contributed by atoms with Crippen LogP contribution in [0, 0.1) is 13.8 Å². The Morgan fingerprint density at radius 3 is 2.30 bits per heavy atom. The second-order valence-electron chi connectivity index (χ2n) is 8.14. The molecule has 3 rings (SSSR count). The summed E-state index contributed by atoms with van der Waals surface area (Å²) in [5, 5.41) is 2.84. The normalized spacial score (nSPS) is 14.6. The average molecular weight is 430 g/mol. The number of carbonyl (C=O) groups excluding carboxylic acids is 1. The molecule has 0 atom stereocenters. The summed E-state index contributed by atoms with van der Waals surface area (Å²) in [5.74, 6) is -0.331. The van der Waals surface area contributed by atoms with Gasteiger partial charge in [0, 0.05) is 13.1 Å². The molecule has 1 aliphatic rings. The first-order valence-electron chi connectivity index (χ1n) is 10.3. The summed E-state index contributed by atoms with van der Waals surface area (Å²) in [6, 6.07) is 13.8. The number of hydrogen-bond acceptors (Lipinski definition) is 4. The number of rotatable bonds is 8. The number of hydrogen-bond donors (Lipinski definition) is 1. The summed E-state index contributed by atoms with van der Waals surface area (Å²) >= 11 is 0. The molecular weight excluding hydrogens is 398 g/mol. The molecule has 2 aromatic carbocycles. The molecule has 162 valence electrons. The Morgan fingerprint density at radius 1 is 1.03 bits per heavy atom. The van der Waals surface area contributed by atoms with E-state index in [1.54, 1.807) is 6.07 Å². The summed E-state index contributed by atoms with van der Waals surface area (Å²) in [4.78, 5) is 15.0. The fraction of sp³-hybridized carbons (Fsp3) is 0.435. The third kappa shape index (κ3) is 6.06. The highest BCUT2D eigenvalue weighted by Gasteiger charge is 2.22. The number of anilines is 1. The quantitative estimate of drug-likeness (QED) is 0.700. The van der Waals surface area contributed by atoms with Gasteiger partial charge < -0.3 is 5.32 Å². The summed E-state index contributed by atoms with van der Waals surface area (Å²) in [7, 11) is -3.58. The van der Waals surface area contributed by atoms with Gasteiger partial charge >= 0.3 is 0 Å². The van der Waals surface area contributed by atoms with Gasteiger partial charge in [0.2, 0.25) is 15.9 Å². The van der Waals surface area contributed by atoms with Crippen LogP contribution in [0.25, 0.3) is 0 Å². The molecule has 7 heteroatoms. The summed E-state index contributed by atoms with van der Waals surface area (Å²) in [6.45, 7) is 7.16. The van der Waals surface area contributed by atoms with Crippen LogP contribution < -0.4 is 9.62 Å². The van der Waals surface area contributed by atoms with Crippen molar-refractivity contribution >= 4 is 21.6 Å². The van der Waals surface area contributed by atoms with Crippen LogP contribution in [0.1, 0.15) is 35.1 Å². The first-order valence-corrected chi connectivity index (χ1v) is 12.2. The summed E-state index contributed by atoms with van der Waals surface area (Å²) in [6.07, 6.45) is 3.68. The Bertz CT molecular complexity index is 981. The Balaban J connectivity index is 1.60. The molecule has 2 aromatic rings. The van der Waals surface area contributed by atoms with Gasteiger partial charge in [0.25, 0.3) is 0 Å². The Labute approximate surface area is 179 Å². The van der Waals surface area contributed by atoms with Gasteiger partial charge in [-0.2, -0.15) is 0 Å². The standard InChI is InChI=1S/C23H31N3O3S/c1-18-6-7-19(2)22(14-18)26(30(3,28)29)17-23(27)24-15-20-8-10-21(11-9-20)16-25-12-4-5-13-25/h6-11,14H,4-5,12-13,15-17H2,1-3H3,(H,24,27). The second-order valence-corrected chi connectivity index (χ2v) is 10.0. The molecule has 0 unspecified atom stereocenters. The second kappa shape index (κ2) is 9.62. The van der Waals surface area contributed by atoms with Crippen LogP contribution in [0.3, 0.4) is 0 Å². The fourth-order valence-corrected chi connectivity index (χ4v) is 4.62. The molecule has 30 heavy (non-hydrogen) atoms. The topological polar surface area (TPSA) is 69.7 Å². The van der Waals surface area contributed by atoms with Gasteiger partial charge in [-0.05, 0) is 68.1 Å². The molecule has 1 amide bonds. The van der Waals surface area contributed by atoms with Gasteiger partial charge in [-0.1, -0.05) is 36.4 Å². The maximum atomic E-state index is 12.5. The minimum Gasteiger partial charge on any atom is -0.350 e. The molecule has 1 fully saturated rings. The minimum atomic E-state index is -3.58. The molecule has 1 saturated heterocycles. The lowest BCUT2D eigenvalue weighted by Gasteiger charge is -2.24. The smallest absolute Gasteiger partial charge is 0.241 e. The van der Waals surface area contributed by atoms with Gasteiger partial charge in [-0.25, -0.2) is 8.42 Å². The number of sulfonamides is 1. The lowest BCUT2D eigenvalue weighted by Crippen LogP contribution is -2.40. The first-order chi connectivity index (χ1) is 14.2. The molecular formula is C23H31N3O3S. The average Bonchev–Trinajstić information content (AvgIpc) is 3.20. The Hall–Kier alpha value is -2.38. The van der Waals surface area contributed by atoms with Gasteiger partial charge in [0.1, 0.15) is 6.54 Å². The van der Waals surface area contributed by atoms with Crippen molar-refractivity contribution in [1.29, 1.82) is 0 Å². The van der Waals surface area contributed by atoms with E-state index in [0.29, 0.717) is 12.2 Å². The highest BCUT2D eigenvalue weighted by atomic mass is 32.2. The maximum absolute atomic E-state index is 12.5. The van der Waals surface area contributed by atoms with Crippen molar-refractivity contribution in [2.75, 3.05) is 30.2 Å². The van der Waals surface area contributed by atoms with Gasteiger partial charge in [-0.15, -0.1) is 0 Å². The molecule has 0 aliphatic carbocycles. The van der Waals surface area contributed by atoms with Crippen LogP contribution in [0.15, 0.2) is 42.5 Å². The third-order valence-corrected chi connectivity index (χ3v) is 6.56. The molecule has 0 saturated carbocycles. The molecule has 1 heterocycles. The number of likely N-dealkylation sites (tertiary alicyclic amines) is 1. The molecule has 0 spiro atoms. The highest BCUT2D eigenvalue weighted by molar-refractivity contribution is 7.92. The van der Waals surface area contributed by atoms with E-state index in [2.05, 4.69) is 22.3 Å². The number of carbonyl (C=O) groups is 1. The summed E-state index contributed by atoms with van der Waals surface area (Å²) in [5.41, 5.74) is 4.56. The van der Waals surface area contributed by atoms with Gasteiger partial charge in [-0.3, -0.25) is 14.0 Å². The van der Waals surface area contributed by atoms with Crippen LogP contribution in [0.5, 0.6) is 0 Å². The van der Waals surface area contributed by atoms with Crippen LogP contribution in [0.4, 0.5) is 5.69 Å². The zero-order chi connectivity index (χ0) is 21.7. The predicted octanol–water partition coefficient (Wildman–Crippen LogP) is 2.98. The van der Waals surface area contributed by atoms with Gasteiger partial charge in [0.05, 0.1) is 11.9 Å². The monoisotopic (exact) mass is 429 g/mol. The fourth-order valence-electron chi connectivity index (χ4n) is 3.72. The van der Waals surface area contributed by atoms with Crippen LogP contribution in [0.2, 0.25) is 0 Å². The number of aryl methyl sites for hydroxylation is 2. The van der Waals surface area contributed by atoms with E-state index in [4.69, 9.17) is 0 Å². The van der Waals surface area contributed by atoms with Crippen molar-refractivity contribution in [3.05, 3.63) is 64.7 Å². The molecule has 6 nitrogen and oxygen atoms in total. The third-order valence-electron chi connectivity index (χ3n) is 5.44. The maximum Gasteiger partial charge on any atom is 0.241 e. The zero-order valence-corrected chi connectivity index (χ0v) is 18.8. The van der Waals surface area contributed by atoms with Crippen molar-refractivity contribution in [3.63, 3.8) is 0 Å². The predicted molar refractivity (Wildman–Crippen MR) is 121 cm³/mol. The molecule has 0 aromatic heterocycles. The highest BCUT2D eigenvalue weighted by Crippen LogP contribution is 2.23. The number of amides is 1. The lowest BCUT2D eigenvalue weighted by molar-refractivity contribution is -0.119. The summed E-state index contributed by atoms with van der Waals surface area (Å²) < 4.78 is 25.8. The van der Waals surface area contributed by atoms with Crippen molar-refractivity contribution < 1.29 is 13.2 Å². The van der Waals surface area contributed by atoms with Crippen molar-refractivity contribution in [2.24, 2.45) is 0 Å². The van der Waals surface area contributed by atoms with E-state index in [-0.39, 0.29) is 12.5 Å². The Morgan fingerprint density at radius 2 is 1.67 bits per heavy atom. The van der Waals surface area contributed by atoms with Crippen LogP contribution in [-0.4, -0.2) is 45.1 Å². The minimum absolute atomic E-state index is 0.240. The number of nitrogens with one attached hydrogen (secondary N) is 1. The van der Waals surface area contributed by atoms with Crippen molar-refractivity contribution in [2.45, 2.75) is 39.8 Å². The van der Waals surface area contributed by atoms with Crippen molar-refractivity contribution in [3.8, 4) is 0 Å². The van der Waals surface area contributed by atoms with Crippen LogP contribution >= 0.6 is 0 Å². The van der Waals surface area contributed by atoms with Crippen molar-refractivity contribution in [1.82, 2.24) is 10.2 Å². The van der Waals surface area contributed by atoms with E-state index in [1.807, 2.05) is 38.1 Å². The molecule has 0 bridgehead atoms. The zero-order valence-electron chi connectivity index (χ0n) is 18.0. The molecule has 0 radical (unpaired) electrons. The van der Waals surface area contributed by atoms with E-state index in [1.165, 1.54) is 22.7 Å². The van der Waals surface area contributed by atoms with E-state index in [0.717, 1.165) is 42.6 Å². The largest absolute Gasteiger partial charge is 0.350 e. The van der Waals surface area contributed by atoms with E-state index in [9.17, 15) is 13.2 Å². The number of benzene rings is 2. The first kappa shape index (κ1) is 22.3.